The smallest absolute Gasteiger partial charge is 0.223 e. The summed E-state index contributed by atoms with van der Waals surface area (Å²) in [6.07, 6.45) is 6.01. The van der Waals surface area contributed by atoms with E-state index < -0.39 is 0 Å². The summed E-state index contributed by atoms with van der Waals surface area (Å²) in [4.78, 5) is 14.8. The van der Waals surface area contributed by atoms with Gasteiger partial charge in [-0.2, -0.15) is 0 Å². The van der Waals surface area contributed by atoms with Gasteiger partial charge in [0.05, 0.1) is 11.7 Å². The van der Waals surface area contributed by atoms with Crippen molar-refractivity contribution in [2.45, 2.75) is 65.5 Å². The maximum absolute atomic E-state index is 12.8. The van der Waals surface area contributed by atoms with Crippen molar-refractivity contribution in [2.75, 3.05) is 6.54 Å². The molecule has 1 atom stereocenters. The van der Waals surface area contributed by atoms with Crippen LogP contribution in [0.1, 0.15) is 61.5 Å². The largest absolute Gasteiger partial charge is 0.361 e. The molecule has 1 aliphatic rings. The lowest BCUT2D eigenvalue weighted by Gasteiger charge is -2.35. The zero-order valence-corrected chi connectivity index (χ0v) is 14.7. The minimum absolute atomic E-state index is 0.0402. The van der Waals surface area contributed by atoms with Crippen LogP contribution >= 0.6 is 0 Å². The van der Waals surface area contributed by atoms with E-state index in [9.17, 15) is 4.79 Å². The Morgan fingerprint density at radius 1 is 1.38 bits per heavy atom. The molecule has 7 heteroatoms. The van der Waals surface area contributed by atoms with Gasteiger partial charge in [0.15, 0.2) is 5.82 Å². The lowest BCUT2D eigenvalue weighted by molar-refractivity contribution is -0.135. The van der Waals surface area contributed by atoms with Gasteiger partial charge < -0.3 is 14.0 Å². The molecule has 130 valence electrons. The third kappa shape index (κ3) is 3.20. The summed E-state index contributed by atoms with van der Waals surface area (Å²) in [5.74, 6) is 1.88. The van der Waals surface area contributed by atoms with Crippen LogP contribution in [-0.2, 0) is 17.8 Å². The summed E-state index contributed by atoms with van der Waals surface area (Å²) in [5.41, 5.74) is 1.93. The summed E-state index contributed by atoms with van der Waals surface area (Å²) in [6, 6.07) is 0.0402. The second kappa shape index (κ2) is 7.15. The van der Waals surface area contributed by atoms with Gasteiger partial charge in [-0.15, -0.1) is 10.2 Å². The number of amides is 1. The van der Waals surface area contributed by atoms with E-state index in [1.54, 1.807) is 6.33 Å². The Labute approximate surface area is 142 Å². The molecule has 1 saturated heterocycles. The van der Waals surface area contributed by atoms with Crippen LogP contribution < -0.4 is 0 Å². The van der Waals surface area contributed by atoms with E-state index in [0.717, 1.165) is 55.2 Å². The average molecular weight is 331 g/mol. The van der Waals surface area contributed by atoms with Gasteiger partial charge in [0.25, 0.3) is 0 Å². The van der Waals surface area contributed by atoms with Crippen LogP contribution in [0.4, 0.5) is 0 Å². The topological polar surface area (TPSA) is 77.1 Å². The van der Waals surface area contributed by atoms with Crippen LogP contribution in [0.2, 0.25) is 0 Å². The van der Waals surface area contributed by atoms with Crippen LogP contribution in [0.3, 0.4) is 0 Å². The Balaban J connectivity index is 1.72. The molecule has 0 saturated carbocycles. The van der Waals surface area contributed by atoms with Gasteiger partial charge in [0.1, 0.15) is 12.1 Å². The first-order chi connectivity index (χ1) is 11.6. The first-order valence-corrected chi connectivity index (χ1v) is 8.70. The fraction of sp³-hybridized carbons (Fsp3) is 0.647. The van der Waals surface area contributed by atoms with Crippen molar-refractivity contribution >= 4 is 5.91 Å². The van der Waals surface area contributed by atoms with Crippen LogP contribution in [0.15, 0.2) is 10.9 Å². The number of likely N-dealkylation sites (tertiary alicyclic amines) is 1. The van der Waals surface area contributed by atoms with Gasteiger partial charge in [-0.25, -0.2) is 0 Å². The number of hydrogen-bond donors (Lipinski definition) is 0. The van der Waals surface area contributed by atoms with Crippen molar-refractivity contribution in [3.8, 4) is 0 Å². The maximum atomic E-state index is 12.8. The molecular weight excluding hydrogens is 306 g/mol. The van der Waals surface area contributed by atoms with Crippen LogP contribution in [0.5, 0.6) is 0 Å². The first-order valence-electron chi connectivity index (χ1n) is 8.70. The Hall–Kier alpha value is -2.18. The molecule has 2 aromatic heterocycles. The molecule has 0 spiro atoms. The van der Waals surface area contributed by atoms with Crippen LogP contribution in [-0.4, -0.2) is 37.3 Å². The van der Waals surface area contributed by atoms with Gasteiger partial charge in [-0.3, -0.25) is 4.79 Å². The SMILES string of the molecule is CCn1cnnc1C1CCCCN1C(=O)CCc1c(C)noc1C. The summed E-state index contributed by atoms with van der Waals surface area (Å²) in [6.45, 7) is 7.50. The molecule has 3 heterocycles. The molecule has 1 unspecified atom stereocenters. The molecule has 2 aromatic rings. The highest BCUT2D eigenvalue weighted by Gasteiger charge is 2.31. The molecule has 0 N–H and O–H groups in total. The summed E-state index contributed by atoms with van der Waals surface area (Å²) >= 11 is 0. The van der Waals surface area contributed by atoms with Crippen molar-refractivity contribution in [2.24, 2.45) is 0 Å². The van der Waals surface area contributed by atoms with Gasteiger partial charge >= 0.3 is 0 Å². The first kappa shape index (κ1) is 16.7. The zero-order chi connectivity index (χ0) is 17.1. The fourth-order valence-electron chi connectivity index (χ4n) is 3.50. The normalized spacial score (nSPS) is 18.1. The molecule has 1 fully saturated rings. The molecule has 0 aliphatic carbocycles. The predicted molar refractivity (Wildman–Crippen MR) is 88.3 cm³/mol. The summed E-state index contributed by atoms with van der Waals surface area (Å²) in [5, 5.41) is 12.3. The molecule has 0 bridgehead atoms. The van der Waals surface area contributed by atoms with E-state index in [0.29, 0.717) is 12.8 Å². The Morgan fingerprint density at radius 3 is 2.92 bits per heavy atom. The highest BCUT2D eigenvalue weighted by atomic mass is 16.5. The average Bonchev–Trinajstić information content (AvgIpc) is 3.19. The van der Waals surface area contributed by atoms with E-state index in [-0.39, 0.29) is 11.9 Å². The zero-order valence-electron chi connectivity index (χ0n) is 14.7. The summed E-state index contributed by atoms with van der Waals surface area (Å²) < 4.78 is 7.22. The predicted octanol–water partition coefficient (Wildman–Crippen LogP) is 2.59. The van der Waals surface area contributed by atoms with Crippen molar-refractivity contribution in [1.82, 2.24) is 24.8 Å². The Kier molecular flexibility index (Phi) is 4.97. The standard InChI is InChI=1S/C17H25N5O2/c1-4-21-11-18-19-17(21)15-7-5-6-10-22(15)16(23)9-8-14-12(2)20-24-13(14)3/h11,15H,4-10H2,1-3H3. The monoisotopic (exact) mass is 331 g/mol. The second-order valence-electron chi connectivity index (χ2n) is 6.38. The number of aryl methyl sites for hydroxylation is 3. The van der Waals surface area contributed by atoms with Gasteiger partial charge in [0.2, 0.25) is 5.91 Å². The molecule has 1 amide bonds. The maximum Gasteiger partial charge on any atom is 0.223 e. The Bertz CT molecular complexity index is 686. The molecule has 0 aromatic carbocycles. The van der Waals surface area contributed by atoms with Crippen molar-refractivity contribution < 1.29 is 9.32 Å². The summed E-state index contributed by atoms with van der Waals surface area (Å²) in [7, 11) is 0. The van der Waals surface area contributed by atoms with E-state index in [1.807, 2.05) is 23.3 Å². The molecule has 0 radical (unpaired) electrons. The molecular formula is C17H25N5O2. The van der Waals surface area contributed by atoms with Crippen molar-refractivity contribution in [3.05, 3.63) is 29.2 Å². The molecule has 24 heavy (non-hydrogen) atoms. The minimum atomic E-state index is 0.0402. The van der Waals surface area contributed by atoms with E-state index in [4.69, 9.17) is 4.52 Å². The molecule has 3 rings (SSSR count). The lowest BCUT2D eigenvalue weighted by atomic mass is 9.99. The minimum Gasteiger partial charge on any atom is -0.361 e. The van der Waals surface area contributed by atoms with Crippen molar-refractivity contribution in [1.29, 1.82) is 0 Å². The third-order valence-electron chi connectivity index (χ3n) is 4.88. The van der Waals surface area contributed by atoms with Gasteiger partial charge in [-0.05, 0) is 46.5 Å². The number of piperidine rings is 1. The number of aromatic nitrogens is 4. The lowest BCUT2D eigenvalue weighted by Crippen LogP contribution is -2.39. The highest BCUT2D eigenvalue weighted by molar-refractivity contribution is 5.77. The number of carbonyl (C=O) groups is 1. The number of nitrogens with zero attached hydrogens (tertiary/aromatic N) is 5. The number of hydrogen-bond acceptors (Lipinski definition) is 5. The second-order valence-corrected chi connectivity index (χ2v) is 6.38. The highest BCUT2D eigenvalue weighted by Crippen LogP contribution is 2.30. The van der Waals surface area contributed by atoms with Crippen LogP contribution in [0, 0.1) is 13.8 Å². The van der Waals surface area contributed by atoms with E-state index in [2.05, 4.69) is 22.3 Å². The molecule has 7 nitrogen and oxygen atoms in total. The van der Waals surface area contributed by atoms with Gasteiger partial charge in [-0.1, -0.05) is 5.16 Å². The van der Waals surface area contributed by atoms with Crippen molar-refractivity contribution in [3.63, 3.8) is 0 Å². The molecule has 1 aliphatic heterocycles. The van der Waals surface area contributed by atoms with Crippen LogP contribution in [0.25, 0.3) is 0 Å². The number of carbonyl (C=O) groups excluding carboxylic acids is 1. The van der Waals surface area contributed by atoms with E-state index in [1.165, 1.54) is 0 Å². The van der Waals surface area contributed by atoms with Gasteiger partial charge in [0, 0.05) is 25.1 Å². The number of rotatable bonds is 5. The third-order valence-corrected chi connectivity index (χ3v) is 4.88. The van der Waals surface area contributed by atoms with E-state index >= 15 is 0 Å². The quantitative estimate of drug-likeness (QED) is 0.841. The Morgan fingerprint density at radius 2 is 2.21 bits per heavy atom. The fourth-order valence-corrected chi connectivity index (χ4v) is 3.50.